The highest BCUT2D eigenvalue weighted by atomic mass is 16.5. The minimum atomic E-state index is -0.0895. The van der Waals surface area contributed by atoms with Crippen LogP contribution in [0.3, 0.4) is 0 Å². The zero-order chi connectivity index (χ0) is 17.6. The summed E-state index contributed by atoms with van der Waals surface area (Å²) in [4.78, 5) is 23.9. The first-order chi connectivity index (χ1) is 12.1. The van der Waals surface area contributed by atoms with Crippen LogP contribution in [0.1, 0.15) is 61.4 Å². The van der Waals surface area contributed by atoms with Crippen LogP contribution in [-0.4, -0.2) is 30.6 Å². The molecule has 0 bridgehead atoms. The van der Waals surface area contributed by atoms with Gasteiger partial charge in [0.25, 0.3) is 5.91 Å². The van der Waals surface area contributed by atoms with Crippen LogP contribution in [0.15, 0.2) is 24.3 Å². The molecule has 1 aromatic carbocycles. The minimum Gasteiger partial charge on any atom is -0.368 e. The van der Waals surface area contributed by atoms with Gasteiger partial charge in [0.1, 0.15) is 6.61 Å². The van der Waals surface area contributed by atoms with Gasteiger partial charge in [-0.1, -0.05) is 31.9 Å². The van der Waals surface area contributed by atoms with Crippen molar-refractivity contribution in [1.29, 1.82) is 0 Å². The second kappa shape index (κ2) is 8.48. The Hall–Kier alpha value is -1.88. The Kier molecular flexibility index (Phi) is 6.08. The topological polar surface area (TPSA) is 67.4 Å². The number of hydrogen-bond acceptors (Lipinski definition) is 3. The van der Waals surface area contributed by atoms with Crippen LogP contribution in [0.5, 0.6) is 0 Å². The highest BCUT2D eigenvalue weighted by Gasteiger charge is 2.24. The smallest absolute Gasteiger partial charge is 0.251 e. The molecule has 0 spiro atoms. The van der Waals surface area contributed by atoms with Crippen molar-refractivity contribution < 1.29 is 14.3 Å². The fraction of sp³-hybridized carbons (Fsp3) is 0.600. The molecule has 2 aliphatic rings. The Morgan fingerprint density at radius 1 is 1.08 bits per heavy atom. The molecule has 0 unspecified atom stereocenters. The molecule has 5 heteroatoms. The largest absolute Gasteiger partial charge is 0.368 e. The predicted octanol–water partition coefficient (Wildman–Crippen LogP) is 2.79. The van der Waals surface area contributed by atoms with Crippen molar-refractivity contribution in [2.45, 2.75) is 64.1 Å². The molecule has 3 rings (SSSR count). The van der Waals surface area contributed by atoms with Crippen molar-refractivity contribution in [1.82, 2.24) is 10.6 Å². The summed E-state index contributed by atoms with van der Waals surface area (Å²) in [6.07, 6.45) is 7.07. The van der Waals surface area contributed by atoms with E-state index in [9.17, 15) is 9.59 Å². The van der Waals surface area contributed by atoms with Crippen molar-refractivity contribution in [3.8, 4) is 0 Å². The minimum absolute atomic E-state index is 0.0203. The molecular weight excluding hydrogens is 316 g/mol. The fourth-order valence-electron chi connectivity index (χ4n) is 3.23. The summed E-state index contributed by atoms with van der Waals surface area (Å²) in [5.41, 5.74) is 1.64. The van der Waals surface area contributed by atoms with Crippen LogP contribution in [0.25, 0.3) is 0 Å². The van der Waals surface area contributed by atoms with Gasteiger partial charge in [0.15, 0.2) is 0 Å². The van der Waals surface area contributed by atoms with Gasteiger partial charge < -0.3 is 15.4 Å². The highest BCUT2D eigenvalue weighted by molar-refractivity contribution is 5.94. The molecule has 2 saturated carbocycles. The van der Waals surface area contributed by atoms with E-state index in [-0.39, 0.29) is 24.5 Å². The van der Waals surface area contributed by atoms with E-state index in [2.05, 4.69) is 17.6 Å². The van der Waals surface area contributed by atoms with Gasteiger partial charge in [-0.25, -0.2) is 0 Å². The van der Waals surface area contributed by atoms with Gasteiger partial charge >= 0.3 is 0 Å². The summed E-state index contributed by atoms with van der Waals surface area (Å²) in [6, 6.07) is 7.73. The van der Waals surface area contributed by atoms with Gasteiger partial charge in [-0.05, 0) is 49.3 Å². The van der Waals surface area contributed by atoms with Crippen LogP contribution in [0.4, 0.5) is 0 Å². The molecule has 0 saturated heterocycles. The lowest BCUT2D eigenvalue weighted by Crippen LogP contribution is -2.32. The summed E-state index contributed by atoms with van der Waals surface area (Å²) < 4.78 is 5.77. The van der Waals surface area contributed by atoms with E-state index in [1.807, 2.05) is 12.1 Å². The van der Waals surface area contributed by atoms with Gasteiger partial charge in [0.2, 0.25) is 5.91 Å². The van der Waals surface area contributed by atoms with Crippen molar-refractivity contribution in [3.05, 3.63) is 35.4 Å². The fourth-order valence-corrected chi connectivity index (χ4v) is 3.23. The van der Waals surface area contributed by atoms with Crippen molar-refractivity contribution >= 4 is 11.8 Å². The summed E-state index contributed by atoms with van der Waals surface area (Å²) in [5, 5.41) is 5.85. The molecule has 2 fully saturated rings. The average molecular weight is 344 g/mol. The van der Waals surface area contributed by atoms with Crippen molar-refractivity contribution in [3.63, 3.8) is 0 Å². The molecular formula is C20H28N2O3. The van der Waals surface area contributed by atoms with Gasteiger partial charge in [-0.2, -0.15) is 0 Å². The van der Waals surface area contributed by atoms with Crippen molar-refractivity contribution in [2.75, 3.05) is 6.61 Å². The van der Waals surface area contributed by atoms with Gasteiger partial charge in [-0.15, -0.1) is 0 Å². The normalized spacial score (nSPS) is 23.1. The zero-order valence-corrected chi connectivity index (χ0v) is 14.9. The Morgan fingerprint density at radius 2 is 1.80 bits per heavy atom. The van der Waals surface area contributed by atoms with E-state index in [4.69, 9.17) is 4.74 Å². The first kappa shape index (κ1) is 17.9. The molecule has 0 aliphatic heterocycles. The van der Waals surface area contributed by atoms with Gasteiger partial charge in [-0.3, -0.25) is 9.59 Å². The average Bonchev–Trinajstić information content (AvgIpc) is 3.43. The highest BCUT2D eigenvalue weighted by Crippen LogP contribution is 2.26. The van der Waals surface area contributed by atoms with E-state index in [0.717, 1.165) is 24.8 Å². The summed E-state index contributed by atoms with van der Waals surface area (Å²) in [5.74, 6) is 0.428. The number of benzene rings is 1. The molecule has 25 heavy (non-hydrogen) atoms. The molecule has 2 N–H and O–H groups in total. The number of hydrogen-bond donors (Lipinski definition) is 2. The predicted molar refractivity (Wildman–Crippen MR) is 96.1 cm³/mol. The third-order valence-electron chi connectivity index (χ3n) is 5.08. The van der Waals surface area contributed by atoms with Crippen LogP contribution in [0, 0.1) is 5.92 Å². The Balaban J connectivity index is 1.38. The van der Waals surface area contributed by atoms with E-state index in [1.165, 1.54) is 19.3 Å². The second-order valence-electron chi connectivity index (χ2n) is 7.33. The number of amides is 2. The summed E-state index contributed by atoms with van der Waals surface area (Å²) in [6.45, 7) is 2.77. The van der Waals surface area contributed by atoms with E-state index in [0.29, 0.717) is 24.1 Å². The van der Waals surface area contributed by atoms with E-state index >= 15 is 0 Å². The number of carbonyl (C=O) groups is 2. The van der Waals surface area contributed by atoms with Gasteiger partial charge in [0, 0.05) is 18.2 Å². The molecule has 0 radical (unpaired) electrons. The van der Waals surface area contributed by atoms with Crippen LogP contribution >= 0.6 is 0 Å². The SMILES string of the molecule is C[C@@H]1CCCC[C@@H]1OCC(=O)NCc1ccc(C(=O)NC2CC2)cc1. The van der Waals surface area contributed by atoms with E-state index in [1.54, 1.807) is 12.1 Å². The Labute approximate surface area is 149 Å². The molecule has 0 aromatic heterocycles. The third kappa shape index (κ3) is 5.56. The van der Waals surface area contributed by atoms with Crippen molar-refractivity contribution in [2.24, 2.45) is 5.92 Å². The zero-order valence-electron chi connectivity index (χ0n) is 14.9. The molecule has 0 heterocycles. The first-order valence-corrected chi connectivity index (χ1v) is 9.40. The molecule has 2 aliphatic carbocycles. The summed E-state index contributed by atoms with van der Waals surface area (Å²) in [7, 11) is 0. The number of rotatable bonds is 7. The lowest BCUT2D eigenvalue weighted by molar-refractivity contribution is -0.129. The standard InChI is InChI=1S/C20H28N2O3/c1-14-4-2-3-5-18(14)25-13-19(23)21-12-15-6-8-16(9-7-15)20(24)22-17-10-11-17/h6-9,14,17-18H,2-5,10-13H2,1H3,(H,21,23)(H,22,24)/t14-,18+/m1/s1. The molecule has 2 amide bonds. The first-order valence-electron chi connectivity index (χ1n) is 9.40. The molecule has 136 valence electrons. The second-order valence-corrected chi connectivity index (χ2v) is 7.33. The number of carbonyl (C=O) groups excluding carboxylic acids is 2. The quantitative estimate of drug-likeness (QED) is 0.799. The van der Waals surface area contributed by atoms with Crippen LogP contribution in [-0.2, 0) is 16.1 Å². The lowest BCUT2D eigenvalue weighted by Gasteiger charge is -2.28. The maximum atomic E-state index is 12.0. The van der Waals surface area contributed by atoms with Gasteiger partial charge in [0.05, 0.1) is 6.10 Å². The van der Waals surface area contributed by atoms with Crippen LogP contribution in [0.2, 0.25) is 0 Å². The van der Waals surface area contributed by atoms with Crippen LogP contribution < -0.4 is 10.6 Å². The Bertz CT molecular complexity index is 595. The monoisotopic (exact) mass is 344 g/mol. The number of ether oxygens (including phenoxy) is 1. The molecule has 2 atom stereocenters. The number of nitrogens with one attached hydrogen (secondary N) is 2. The third-order valence-corrected chi connectivity index (χ3v) is 5.08. The lowest BCUT2D eigenvalue weighted by atomic mass is 9.88. The Morgan fingerprint density at radius 3 is 2.48 bits per heavy atom. The molecule has 1 aromatic rings. The summed E-state index contributed by atoms with van der Waals surface area (Å²) >= 11 is 0. The van der Waals surface area contributed by atoms with E-state index < -0.39 is 0 Å². The maximum absolute atomic E-state index is 12.0. The maximum Gasteiger partial charge on any atom is 0.251 e. The molecule has 5 nitrogen and oxygen atoms in total.